The number of ether oxygens (including phenoxy) is 3. The third kappa shape index (κ3) is 4.59. The molecule has 10 heteroatoms. The number of carbonyl (C=O) groups is 2. The van der Waals surface area contributed by atoms with Crippen molar-refractivity contribution in [1.29, 1.82) is 0 Å². The number of benzene rings is 1. The summed E-state index contributed by atoms with van der Waals surface area (Å²) in [5.74, 6) is 0.165. The zero-order valence-corrected chi connectivity index (χ0v) is 18.5. The van der Waals surface area contributed by atoms with E-state index in [9.17, 15) is 9.59 Å². The topological polar surface area (TPSA) is 140 Å². The largest absolute Gasteiger partial charge is 0.493 e. The van der Waals surface area contributed by atoms with Gasteiger partial charge in [0.2, 0.25) is 0 Å². The van der Waals surface area contributed by atoms with Crippen LogP contribution in [0.2, 0.25) is 0 Å². The molecule has 4 rings (SSSR count). The fourth-order valence-corrected chi connectivity index (χ4v) is 5.04. The van der Waals surface area contributed by atoms with Crippen molar-refractivity contribution in [2.75, 3.05) is 19.5 Å². The van der Waals surface area contributed by atoms with Crippen LogP contribution >= 0.6 is 11.3 Å². The number of hydrogen-bond donors (Lipinski definition) is 2. The number of aryl methyl sites for hydroxylation is 2. The molecule has 9 nitrogen and oxygen atoms in total. The minimum Gasteiger partial charge on any atom is -0.493 e. The Labute approximate surface area is 188 Å². The van der Waals surface area contributed by atoms with E-state index in [1.165, 1.54) is 48.6 Å². The van der Waals surface area contributed by atoms with Crippen LogP contribution in [0.5, 0.6) is 11.5 Å². The summed E-state index contributed by atoms with van der Waals surface area (Å²) in [7, 11) is 1.43. The van der Waals surface area contributed by atoms with Gasteiger partial charge in [-0.15, -0.1) is 11.3 Å². The van der Waals surface area contributed by atoms with E-state index in [2.05, 4.69) is 9.97 Å². The predicted octanol–water partition coefficient (Wildman–Crippen LogP) is 2.77. The summed E-state index contributed by atoms with van der Waals surface area (Å²) >= 11 is 1.65. The van der Waals surface area contributed by atoms with Crippen LogP contribution in [0.15, 0.2) is 18.2 Å². The second-order valence-electron chi connectivity index (χ2n) is 7.47. The number of nitrogens with zero attached hydrogens (tertiary/aromatic N) is 2. The Balaban J connectivity index is 1.48. The third-order valence-corrected chi connectivity index (χ3v) is 6.43. The molecule has 168 valence electrons. The number of amides is 1. The first kappa shape index (κ1) is 21.8. The Morgan fingerprint density at radius 1 is 1.12 bits per heavy atom. The highest BCUT2D eigenvalue weighted by molar-refractivity contribution is 7.19. The van der Waals surface area contributed by atoms with E-state index in [4.69, 9.17) is 25.7 Å². The Bertz CT molecular complexity index is 1180. The minimum absolute atomic E-state index is 0.107. The predicted molar refractivity (Wildman–Crippen MR) is 120 cm³/mol. The second-order valence-corrected chi connectivity index (χ2v) is 8.55. The molecule has 0 fully saturated rings. The zero-order chi connectivity index (χ0) is 22.7. The molecule has 0 radical (unpaired) electrons. The molecular weight excluding hydrogens is 432 g/mol. The lowest BCUT2D eigenvalue weighted by Crippen LogP contribution is -2.20. The average Bonchev–Trinajstić information content (AvgIpc) is 2.97. The molecule has 1 amide bonds. The van der Waals surface area contributed by atoms with Crippen molar-refractivity contribution in [3.63, 3.8) is 0 Å². The molecule has 1 aromatic carbocycles. The van der Waals surface area contributed by atoms with Gasteiger partial charge in [0, 0.05) is 4.88 Å². The summed E-state index contributed by atoms with van der Waals surface area (Å²) in [6.45, 7) is -0.405. The summed E-state index contributed by atoms with van der Waals surface area (Å²) in [4.78, 5) is 34.6. The van der Waals surface area contributed by atoms with E-state index in [1.54, 1.807) is 11.3 Å². The molecule has 0 spiro atoms. The van der Waals surface area contributed by atoms with Gasteiger partial charge in [0.05, 0.1) is 18.1 Å². The third-order valence-electron chi connectivity index (χ3n) is 5.24. The Morgan fingerprint density at radius 3 is 2.72 bits per heavy atom. The molecule has 0 bridgehead atoms. The number of primary amides is 1. The SMILES string of the molecule is COc1cc(C(=O)OCc2nc(N)c3c4c(sc3n2)CCCCC4)ccc1OCC(N)=O. The van der Waals surface area contributed by atoms with Crippen LogP contribution in [0.1, 0.15) is 45.9 Å². The van der Waals surface area contributed by atoms with E-state index in [-0.39, 0.29) is 24.5 Å². The number of nitrogen functional groups attached to an aromatic ring is 1. The molecular formula is C22H24N4O5S. The van der Waals surface area contributed by atoms with Crippen LogP contribution in [-0.4, -0.2) is 35.6 Å². The molecule has 2 aromatic heterocycles. The summed E-state index contributed by atoms with van der Waals surface area (Å²) in [6, 6.07) is 4.49. The Hall–Kier alpha value is -3.40. The number of fused-ring (bicyclic) bond motifs is 3. The lowest BCUT2D eigenvalue weighted by atomic mass is 10.1. The zero-order valence-electron chi connectivity index (χ0n) is 17.7. The molecule has 3 aromatic rings. The molecule has 0 aliphatic heterocycles. The average molecular weight is 457 g/mol. The van der Waals surface area contributed by atoms with Gasteiger partial charge in [-0.05, 0) is 49.4 Å². The minimum atomic E-state index is -0.617. The number of nitrogens with two attached hydrogens (primary N) is 2. The number of anilines is 1. The van der Waals surface area contributed by atoms with Crippen molar-refractivity contribution in [3.05, 3.63) is 40.0 Å². The van der Waals surface area contributed by atoms with Crippen LogP contribution in [0.3, 0.4) is 0 Å². The normalized spacial score (nSPS) is 13.3. The van der Waals surface area contributed by atoms with Crippen molar-refractivity contribution >= 4 is 39.2 Å². The Kier molecular flexibility index (Phi) is 6.40. The van der Waals surface area contributed by atoms with Gasteiger partial charge in [-0.2, -0.15) is 0 Å². The maximum Gasteiger partial charge on any atom is 0.338 e. The molecule has 0 saturated heterocycles. The van der Waals surface area contributed by atoms with Crippen molar-refractivity contribution in [3.8, 4) is 11.5 Å². The smallest absolute Gasteiger partial charge is 0.338 e. The van der Waals surface area contributed by atoms with E-state index < -0.39 is 11.9 Å². The van der Waals surface area contributed by atoms with Gasteiger partial charge >= 0.3 is 5.97 Å². The van der Waals surface area contributed by atoms with Gasteiger partial charge < -0.3 is 25.7 Å². The first-order valence-electron chi connectivity index (χ1n) is 10.3. The number of hydrogen-bond acceptors (Lipinski definition) is 9. The van der Waals surface area contributed by atoms with Crippen LogP contribution in [0, 0.1) is 0 Å². The standard InChI is InChI=1S/C22H24N4O5S/c1-29-15-9-12(7-8-14(15)30-10-17(23)27)22(28)31-11-18-25-20(24)19-13-5-3-2-4-6-16(13)32-21(19)26-18/h7-9H,2-6,10-11H2,1H3,(H2,23,27)(H2,24,25,26). The van der Waals surface area contributed by atoms with E-state index >= 15 is 0 Å². The molecule has 0 atom stereocenters. The molecule has 1 aliphatic rings. The van der Waals surface area contributed by atoms with Crippen molar-refractivity contribution < 1.29 is 23.8 Å². The highest BCUT2D eigenvalue weighted by Gasteiger charge is 2.20. The number of rotatable bonds is 7. The monoisotopic (exact) mass is 456 g/mol. The molecule has 4 N–H and O–H groups in total. The molecule has 1 aliphatic carbocycles. The maximum atomic E-state index is 12.5. The summed E-state index contributed by atoms with van der Waals surface area (Å²) in [5.41, 5.74) is 12.9. The van der Waals surface area contributed by atoms with E-state index in [0.29, 0.717) is 17.4 Å². The molecule has 32 heavy (non-hydrogen) atoms. The van der Waals surface area contributed by atoms with E-state index in [1.807, 2.05) is 0 Å². The van der Waals surface area contributed by atoms with Crippen molar-refractivity contribution in [1.82, 2.24) is 9.97 Å². The summed E-state index contributed by atoms with van der Waals surface area (Å²) < 4.78 is 15.9. The molecule has 0 saturated carbocycles. The molecule has 2 heterocycles. The highest BCUT2D eigenvalue weighted by Crippen LogP contribution is 2.37. The fourth-order valence-electron chi connectivity index (χ4n) is 3.75. The van der Waals surface area contributed by atoms with Gasteiger partial charge in [0.25, 0.3) is 5.91 Å². The van der Waals surface area contributed by atoms with Crippen molar-refractivity contribution in [2.24, 2.45) is 5.73 Å². The molecule has 0 unspecified atom stereocenters. The highest BCUT2D eigenvalue weighted by atomic mass is 32.1. The maximum absolute atomic E-state index is 12.5. The summed E-state index contributed by atoms with van der Waals surface area (Å²) in [5, 5.41) is 0.943. The Morgan fingerprint density at radius 2 is 1.94 bits per heavy atom. The van der Waals surface area contributed by atoms with Crippen LogP contribution in [0.25, 0.3) is 10.2 Å². The first-order valence-corrected chi connectivity index (χ1v) is 11.1. The number of aromatic nitrogens is 2. The second kappa shape index (κ2) is 9.39. The summed E-state index contributed by atoms with van der Waals surface area (Å²) in [6.07, 6.45) is 5.58. The van der Waals surface area contributed by atoms with Gasteiger partial charge in [0.15, 0.2) is 30.5 Å². The quantitative estimate of drug-likeness (QED) is 0.409. The van der Waals surface area contributed by atoms with Gasteiger partial charge in [-0.3, -0.25) is 4.79 Å². The van der Waals surface area contributed by atoms with Crippen LogP contribution in [0.4, 0.5) is 5.82 Å². The first-order chi connectivity index (χ1) is 15.5. The van der Waals surface area contributed by atoms with Crippen LogP contribution < -0.4 is 20.9 Å². The van der Waals surface area contributed by atoms with Gasteiger partial charge in [0.1, 0.15) is 10.6 Å². The lowest BCUT2D eigenvalue weighted by Gasteiger charge is -2.11. The van der Waals surface area contributed by atoms with Gasteiger partial charge in [-0.1, -0.05) is 6.42 Å². The van der Waals surface area contributed by atoms with E-state index in [0.717, 1.165) is 29.5 Å². The van der Waals surface area contributed by atoms with Gasteiger partial charge in [-0.25, -0.2) is 14.8 Å². The lowest BCUT2D eigenvalue weighted by molar-refractivity contribution is -0.119. The van der Waals surface area contributed by atoms with Crippen LogP contribution in [-0.2, 0) is 29.0 Å². The number of methoxy groups -OCH3 is 1. The van der Waals surface area contributed by atoms with Crippen molar-refractivity contribution in [2.45, 2.75) is 38.7 Å². The fraction of sp³-hybridized carbons (Fsp3) is 0.364. The number of thiophene rings is 1. The number of carbonyl (C=O) groups excluding carboxylic acids is 2. The number of esters is 1.